The van der Waals surface area contributed by atoms with E-state index in [2.05, 4.69) is 9.71 Å². The van der Waals surface area contributed by atoms with Crippen LogP contribution in [0.2, 0.25) is 0 Å². The van der Waals surface area contributed by atoms with E-state index in [9.17, 15) is 18.3 Å². The van der Waals surface area contributed by atoms with Gasteiger partial charge < -0.3 is 10.0 Å². The van der Waals surface area contributed by atoms with Gasteiger partial charge in [0.1, 0.15) is 16.0 Å². The van der Waals surface area contributed by atoms with Gasteiger partial charge in [0.15, 0.2) is 0 Å². The van der Waals surface area contributed by atoms with Crippen LogP contribution in [0.4, 0.5) is 0 Å². The third kappa shape index (κ3) is 4.44. The van der Waals surface area contributed by atoms with Crippen molar-refractivity contribution in [3.8, 4) is 22.3 Å². The number of rotatable bonds is 6. The van der Waals surface area contributed by atoms with Crippen molar-refractivity contribution in [1.82, 2.24) is 14.6 Å². The number of nitrogens with zero attached hydrogens (tertiary/aromatic N) is 3. The molecular formula is C21H18N4O4S2. The lowest BCUT2D eigenvalue weighted by molar-refractivity contribution is -0.129. The van der Waals surface area contributed by atoms with Crippen molar-refractivity contribution in [3.63, 3.8) is 0 Å². The van der Waals surface area contributed by atoms with Crippen LogP contribution in [0.5, 0.6) is 5.75 Å². The van der Waals surface area contributed by atoms with E-state index in [0.29, 0.717) is 24.1 Å². The number of hydrogen-bond donors (Lipinski definition) is 2. The number of nitriles is 1. The molecule has 0 bridgehead atoms. The van der Waals surface area contributed by atoms with E-state index in [4.69, 9.17) is 5.26 Å². The average molecular weight is 455 g/mol. The van der Waals surface area contributed by atoms with Crippen LogP contribution in [0.25, 0.3) is 10.4 Å². The fraction of sp³-hybridized carbons (Fsp3) is 0.190. The SMILES string of the molecule is N#Cc1ccc(O)c(CN2CC[C@H](NS(=O)(=O)c3ccc(-c4ccncc4)s3)C2=O)c1. The van der Waals surface area contributed by atoms with Crippen LogP contribution < -0.4 is 4.72 Å². The Morgan fingerprint density at radius 3 is 2.74 bits per heavy atom. The molecule has 31 heavy (non-hydrogen) atoms. The number of aromatic hydroxyl groups is 1. The molecule has 1 atom stereocenters. The number of pyridine rings is 1. The molecule has 0 unspecified atom stereocenters. The van der Waals surface area contributed by atoms with Gasteiger partial charge in [-0.25, -0.2) is 8.42 Å². The molecule has 1 fully saturated rings. The van der Waals surface area contributed by atoms with Gasteiger partial charge in [0.25, 0.3) is 10.0 Å². The number of amides is 1. The summed E-state index contributed by atoms with van der Waals surface area (Å²) in [5.41, 5.74) is 1.68. The first-order valence-corrected chi connectivity index (χ1v) is 11.7. The number of sulfonamides is 1. The lowest BCUT2D eigenvalue weighted by atomic mass is 10.1. The normalized spacial score (nSPS) is 16.4. The molecule has 0 radical (unpaired) electrons. The highest BCUT2D eigenvalue weighted by atomic mass is 32.2. The molecule has 4 rings (SSSR count). The average Bonchev–Trinajstić information content (AvgIpc) is 3.39. The van der Waals surface area contributed by atoms with Crippen LogP contribution in [0.3, 0.4) is 0 Å². The maximum atomic E-state index is 12.8. The van der Waals surface area contributed by atoms with Gasteiger partial charge in [-0.1, -0.05) is 0 Å². The summed E-state index contributed by atoms with van der Waals surface area (Å²) in [5.74, 6) is -0.380. The molecule has 2 N–H and O–H groups in total. The Hall–Kier alpha value is -3.26. The lowest BCUT2D eigenvalue weighted by Gasteiger charge is -2.18. The lowest BCUT2D eigenvalue weighted by Crippen LogP contribution is -2.41. The second-order valence-corrected chi connectivity index (χ2v) is 10.1. The number of hydrogen-bond acceptors (Lipinski definition) is 7. The van der Waals surface area contributed by atoms with E-state index in [1.807, 2.05) is 6.07 Å². The predicted molar refractivity (Wildman–Crippen MR) is 115 cm³/mol. The molecule has 1 aliphatic rings. The number of phenolic OH excluding ortho intramolecular Hbond substituents is 1. The van der Waals surface area contributed by atoms with Gasteiger partial charge >= 0.3 is 0 Å². The smallest absolute Gasteiger partial charge is 0.250 e. The number of benzene rings is 1. The van der Waals surface area contributed by atoms with Crippen molar-refractivity contribution in [2.45, 2.75) is 23.2 Å². The van der Waals surface area contributed by atoms with Crippen molar-refractivity contribution >= 4 is 27.3 Å². The second-order valence-electron chi connectivity index (χ2n) is 7.03. The first-order valence-electron chi connectivity index (χ1n) is 9.41. The summed E-state index contributed by atoms with van der Waals surface area (Å²) < 4.78 is 28.3. The van der Waals surface area contributed by atoms with E-state index in [-0.39, 0.29) is 22.4 Å². The quantitative estimate of drug-likeness (QED) is 0.590. The number of carbonyl (C=O) groups is 1. The molecule has 8 nitrogen and oxygen atoms in total. The first-order chi connectivity index (χ1) is 14.9. The van der Waals surface area contributed by atoms with E-state index < -0.39 is 16.1 Å². The molecule has 1 saturated heterocycles. The molecule has 1 aromatic carbocycles. The minimum Gasteiger partial charge on any atom is -0.508 e. The monoisotopic (exact) mass is 454 g/mol. The van der Waals surface area contributed by atoms with Crippen LogP contribution in [0, 0.1) is 11.3 Å². The molecule has 1 amide bonds. The zero-order valence-electron chi connectivity index (χ0n) is 16.2. The van der Waals surface area contributed by atoms with Crippen molar-refractivity contribution in [1.29, 1.82) is 5.26 Å². The molecule has 158 valence electrons. The zero-order valence-corrected chi connectivity index (χ0v) is 17.9. The highest BCUT2D eigenvalue weighted by Crippen LogP contribution is 2.31. The standard InChI is InChI=1S/C21H18N4O4S2/c22-12-14-1-2-18(26)16(11-14)13-25-10-7-17(21(25)27)24-31(28,29)20-4-3-19(30-20)15-5-8-23-9-6-15/h1-6,8-9,11,17,24,26H,7,10,13H2/t17-/m0/s1. The highest BCUT2D eigenvalue weighted by molar-refractivity contribution is 7.91. The summed E-state index contributed by atoms with van der Waals surface area (Å²) in [4.78, 5) is 19.0. The van der Waals surface area contributed by atoms with Gasteiger partial charge in [-0.15, -0.1) is 11.3 Å². The van der Waals surface area contributed by atoms with E-state index >= 15 is 0 Å². The van der Waals surface area contributed by atoms with Gasteiger partial charge in [-0.2, -0.15) is 9.98 Å². The van der Waals surface area contributed by atoms with Crippen molar-refractivity contribution in [2.75, 3.05) is 6.54 Å². The maximum absolute atomic E-state index is 12.8. The van der Waals surface area contributed by atoms with Crippen LogP contribution in [0.15, 0.2) is 59.1 Å². The molecule has 0 saturated carbocycles. The summed E-state index contributed by atoms with van der Waals surface area (Å²) in [6.07, 6.45) is 3.59. The Balaban J connectivity index is 1.46. The largest absolute Gasteiger partial charge is 0.508 e. The summed E-state index contributed by atoms with van der Waals surface area (Å²) in [6.45, 7) is 0.443. The van der Waals surface area contributed by atoms with E-state index in [0.717, 1.165) is 21.8 Å². The fourth-order valence-electron chi connectivity index (χ4n) is 3.37. The molecule has 0 spiro atoms. The molecule has 1 aliphatic heterocycles. The van der Waals surface area contributed by atoms with E-state index in [1.165, 1.54) is 29.2 Å². The second kappa shape index (κ2) is 8.47. The number of likely N-dealkylation sites (tertiary alicyclic amines) is 1. The van der Waals surface area contributed by atoms with Crippen LogP contribution in [-0.2, 0) is 21.4 Å². The Morgan fingerprint density at radius 1 is 1.23 bits per heavy atom. The Bertz CT molecular complexity index is 1270. The highest BCUT2D eigenvalue weighted by Gasteiger charge is 2.35. The van der Waals surface area contributed by atoms with E-state index in [1.54, 1.807) is 30.6 Å². The van der Waals surface area contributed by atoms with Gasteiger partial charge in [0.2, 0.25) is 5.91 Å². The van der Waals surface area contributed by atoms with Crippen LogP contribution in [-0.4, -0.2) is 41.9 Å². The van der Waals surface area contributed by atoms with Crippen LogP contribution >= 0.6 is 11.3 Å². The van der Waals surface area contributed by atoms with Gasteiger partial charge in [0, 0.05) is 35.9 Å². The van der Waals surface area contributed by atoms with Gasteiger partial charge in [-0.3, -0.25) is 9.78 Å². The number of aromatic nitrogens is 1. The minimum absolute atomic E-state index is 0.0157. The van der Waals surface area contributed by atoms with Crippen LogP contribution in [0.1, 0.15) is 17.5 Å². The number of thiophene rings is 1. The molecule has 3 aromatic rings. The maximum Gasteiger partial charge on any atom is 0.250 e. The van der Waals surface area contributed by atoms with Crippen molar-refractivity contribution < 1.29 is 18.3 Å². The van der Waals surface area contributed by atoms with Gasteiger partial charge in [-0.05, 0) is 54.4 Å². The molecule has 10 heteroatoms. The number of carbonyl (C=O) groups excluding carboxylic acids is 1. The Morgan fingerprint density at radius 2 is 2.00 bits per heavy atom. The van der Waals surface area contributed by atoms with Crippen molar-refractivity contribution in [2.24, 2.45) is 0 Å². The van der Waals surface area contributed by atoms with Gasteiger partial charge in [0.05, 0.1) is 11.6 Å². The minimum atomic E-state index is -3.87. The first kappa shape index (κ1) is 21.0. The summed E-state index contributed by atoms with van der Waals surface area (Å²) in [6, 6.07) is 12.4. The molecule has 3 heterocycles. The molecule has 0 aliphatic carbocycles. The fourth-order valence-corrected chi connectivity index (χ4v) is 5.93. The predicted octanol–water partition coefficient (Wildman–Crippen LogP) is 2.47. The third-order valence-electron chi connectivity index (χ3n) is 4.98. The topological polar surface area (TPSA) is 123 Å². The molecule has 2 aromatic heterocycles. The summed E-state index contributed by atoms with van der Waals surface area (Å²) >= 11 is 1.12. The Labute approximate surface area is 183 Å². The molecular weight excluding hydrogens is 436 g/mol. The third-order valence-corrected chi connectivity index (χ3v) is 8.07. The summed E-state index contributed by atoms with van der Waals surface area (Å²) in [7, 11) is -3.87. The number of phenols is 1. The van der Waals surface area contributed by atoms with Crippen molar-refractivity contribution in [3.05, 3.63) is 66.0 Å². The Kier molecular flexibility index (Phi) is 5.73. The summed E-state index contributed by atoms with van der Waals surface area (Å²) in [5, 5.41) is 19.0. The zero-order chi connectivity index (χ0) is 22.0. The number of nitrogens with one attached hydrogen (secondary N) is 1.